The normalized spacial score (nSPS) is 24.0. The van der Waals surface area contributed by atoms with E-state index >= 15 is 0 Å². The van der Waals surface area contributed by atoms with Crippen LogP contribution in [-0.4, -0.2) is 22.9 Å². The third kappa shape index (κ3) is 2.70. The van der Waals surface area contributed by atoms with Crippen molar-refractivity contribution in [3.8, 4) is 0 Å². The van der Waals surface area contributed by atoms with Crippen LogP contribution in [0.4, 0.5) is 0 Å². The van der Waals surface area contributed by atoms with E-state index in [1.807, 2.05) is 0 Å². The van der Waals surface area contributed by atoms with E-state index in [1.54, 1.807) is 18.2 Å². The zero-order valence-electron chi connectivity index (χ0n) is 8.69. The minimum absolute atomic E-state index is 0.262. The lowest BCUT2D eigenvalue weighted by molar-refractivity contribution is -0.148. The molecule has 1 unspecified atom stereocenters. The van der Waals surface area contributed by atoms with E-state index in [0.29, 0.717) is 22.2 Å². The number of halogens is 2. The molecule has 0 saturated carbocycles. The predicted octanol–water partition coefficient (Wildman–Crippen LogP) is 2.79. The van der Waals surface area contributed by atoms with Gasteiger partial charge in [-0.05, 0) is 18.1 Å². The van der Waals surface area contributed by atoms with Crippen molar-refractivity contribution in [1.82, 2.24) is 0 Å². The molecule has 90 valence electrons. The summed E-state index contributed by atoms with van der Waals surface area (Å²) in [6, 6.07) is 0. The molecule has 0 amide bonds. The van der Waals surface area contributed by atoms with E-state index in [2.05, 4.69) is 5.16 Å². The Hall–Kier alpha value is -1.26. The van der Waals surface area contributed by atoms with Gasteiger partial charge in [0.1, 0.15) is 0 Å². The quantitative estimate of drug-likeness (QED) is 0.842. The maximum absolute atomic E-state index is 10.7. The van der Waals surface area contributed by atoms with Crippen LogP contribution >= 0.6 is 23.2 Å². The number of carbonyl (C=O) groups is 1. The van der Waals surface area contributed by atoms with E-state index in [0.717, 1.165) is 5.57 Å². The van der Waals surface area contributed by atoms with Crippen molar-refractivity contribution in [3.63, 3.8) is 0 Å². The third-order valence-corrected chi connectivity index (χ3v) is 3.26. The number of allylic oxidation sites excluding steroid dienone is 6. The molecule has 1 aliphatic heterocycles. The second-order valence-electron chi connectivity index (χ2n) is 3.64. The van der Waals surface area contributed by atoms with Gasteiger partial charge in [-0.3, -0.25) is 0 Å². The summed E-state index contributed by atoms with van der Waals surface area (Å²) in [4.78, 5) is 15.5. The SMILES string of the molecule is O=C(O)C1CC(C2=CC=C(Cl)C(Cl)=CC2)=NO1. The van der Waals surface area contributed by atoms with Crippen molar-refractivity contribution in [3.05, 3.63) is 33.9 Å². The number of aliphatic carboxylic acids is 1. The van der Waals surface area contributed by atoms with Crippen LogP contribution in [0.2, 0.25) is 0 Å². The largest absolute Gasteiger partial charge is 0.478 e. The molecule has 1 atom stereocenters. The van der Waals surface area contributed by atoms with Crippen LogP contribution in [0.1, 0.15) is 12.8 Å². The summed E-state index contributed by atoms with van der Waals surface area (Å²) < 4.78 is 0. The highest BCUT2D eigenvalue weighted by Crippen LogP contribution is 2.27. The second-order valence-corrected chi connectivity index (χ2v) is 4.45. The molecular weight excluding hydrogens is 265 g/mol. The van der Waals surface area contributed by atoms with E-state index in [4.69, 9.17) is 33.1 Å². The van der Waals surface area contributed by atoms with Gasteiger partial charge in [0.05, 0.1) is 15.8 Å². The first kappa shape index (κ1) is 12.2. The molecule has 0 saturated heterocycles. The minimum atomic E-state index is -1.01. The molecule has 17 heavy (non-hydrogen) atoms. The molecule has 0 radical (unpaired) electrons. The lowest BCUT2D eigenvalue weighted by Crippen LogP contribution is -2.20. The fourth-order valence-corrected chi connectivity index (χ4v) is 1.81. The van der Waals surface area contributed by atoms with Gasteiger partial charge < -0.3 is 9.94 Å². The highest BCUT2D eigenvalue weighted by atomic mass is 35.5. The van der Waals surface area contributed by atoms with Gasteiger partial charge in [-0.2, -0.15) is 0 Å². The molecule has 0 spiro atoms. The Labute approximate surface area is 108 Å². The van der Waals surface area contributed by atoms with Crippen LogP contribution in [0, 0.1) is 0 Å². The molecule has 0 aromatic rings. The van der Waals surface area contributed by atoms with E-state index < -0.39 is 12.1 Å². The third-order valence-electron chi connectivity index (χ3n) is 2.48. The van der Waals surface area contributed by atoms with Crippen molar-refractivity contribution in [2.24, 2.45) is 5.16 Å². The molecule has 6 heteroatoms. The van der Waals surface area contributed by atoms with Gasteiger partial charge in [-0.1, -0.05) is 40.5 Å². The number of carboxylic acid groups (broad SMARTS) is 1. The summed E-state index contributed by atoms with van der Waals surface area (Å²) in [5.74, 6) is -1.01. The lowest BCUT2D eigenvalue weighted by atomic mass is 10.0. The van der Waals surface area contributed by atoms with Crippen LogP contribution in [0.15, 0.2) is 39.0 Å². The second kappa shape index (κ2) is 4.94. The average Bonchev–Trinajstić information content (AvgIpc) is 2.71. The van der Waals surface area contributed by atoms with Gasteiger partial charge in [0, 0.05) is 6.42 Å². The molecule has 0 aromatic carbocycles. The summed E-state index contributed by atoms with van der Waals surface area (Å²) >= 11 is 11.8. The maximum Gasteiger partial charge on any atom is 0.348 e. The smallest absolute Gasteiger partial charge is 0.348 e. The summed E-state index contributed by atoms with van der Waals surface area (Å²) in [6.07, 6.45) is 5.13. The average molecular weight is 274 g/mol. The predicted molar refractivity (Wildman–Crippen MR) is 65.1 cm³/mol. The molecule has 1 N–H and O–H groups in total. The van der Waals surface area contributed by atoms with Crippen molar-refractivity contribution >= 4 is 34.9 Å². The molecule has 1 heterocycles. The Balaban J connectivity index is 2.14. The monoisotopic (exact) mass is 273 g/mol. The Kier molecular flexibility index (Phi) is 3.54. The van der Waals surface area contributed by atoms with Crippen LogP contribution in [0.3, 0.4) is 0 Å². The molecule has 2 rings (SSSR count). The zero-order valence-corrected chi connectivity index (χ0v) is 10.2. The van der Waals surface area contributed by atoms with Crippen molar-refractivity contribution in [2.45, 2.75) is 18.9 Å². The van der Waals surface area contributed by atoms with Gasteiger partial charge in [0.25, 0.3) is 0 Å². The first-order valence-electron chi connectivity index (χ1n) is 4.96. The maximum atomic E-state index is 10.7. The number of nitrogens with zero attached hydrogens (tertiary/aromatic N) is 1. The first-order chi connectivity index (χ1) is 8.08. The summed E-state index contributed by atoms with van der Waals surface area (Å²) in [5.41, 5.74) is 1.49. The Bertz CT molecular complexity index is 477. The number of oxime groups is 1. The number of rotatable bonds is 2. The molecule has 4 nitrogen and oxygen atoms in total. The van der Waals surface area contributed by atoms with E-state index in [9.17, 15) is 4.79 Å². The van der Waals surface area contributed by atoms with Crippen molar-refractivity contribution in [2.75, 3.05) is 0 Å². The Morgan fingerprint density at radius 2 is 2.18 bits per heavy atom. The Morgan fingerprint density at radius 3 is 2.82 bits per heavy atom. The summed E-state index contributed by atoms with van der Waals surface area (Å²) in [5, 5.41) is 13.5. The molecule has 0 fully saturated rings. The van der Waals surface area contributed by atoms with Crippen molar-refractivity contribution < 1.29 is 14.7 Å². The number of hydrogen-bond donors (Lipinski definition) is 1. The fraction of sp³-hybridized carbons (Fsp3) is 0.273. The highest BCUT2D eigenvalue weighted by Gasteiger charge is 2.29. The summed E-state index contributed by atoms with van der Waals surface area (Å²) in [6.45, 7) is 0. The summed E-state index contributed by atoms with van der Waals surface area (Å²) in [7, 11) is 0. The van der Waals surface area contributed by atoms with Gasteiger partial charge in [0.15, 0.2) is 0 Å². The van der Waals surface area contributed by atoms with Crippen LogP contribution in [-0.2, 0) is 9.63 Å². The van der Waals surface area contributed by atoms with Gasteiger partial charge in [0.2, 0.25) is 6.10 Å². The van der Waals surface area contributed by atoms with Gasteiger partial charge >= 0.3 is 5.97 Å². The lowest BCUT2D eigenvalue weighted by Gasteiger charge is -2.01. The van der Waals surface area contributed by atoms with Crippen molar-refractivity contribution in [1.29, 1.82) is 0 Å². The minimum Gasteiger partial charge on any atom is -0.478 e. The molecule has 2 aliphatic rings. The van der Waals surface area contributed by atoms with Crippen LogP contribution in [0.5, 0.6) is 0 Å². The molecule has 0 bridgehead atoms. The molecule has 0 aromatic heterocycles. The van der Waals surface area contributed by atoms with Crippen LogP contribution < -0.4 is 0 Å². The highest BCUT2D eigenvalue weighted by molar-refractivity contribution is 6.44. The first-order valence-corrected chi connectivity index (χ1v) is 5.72. The van der Waals surface area contributed by atoms with E-state index in [1.165, 1.54) is 0 Å². The fourth-order valence-electron chi connectivity index (χ4n) is 1.53. The Morgan fingerprint density at radius 1 is 1.41 bits per heavy atom. The van der Waals surface area contributed by atoms with Gasteiger partial charge in [-0.25, -0.2) is 4.79 Å². The topological polar surface area (TPSA) is 58.9 Å². The zero-order chi connectivity index (χ0) is 12.4. The standard InChI is InChI=1S/C11H9Cl2NO3/c12-7-3-1-6(2-4-8(7)13)9-5-10(11(15)16)17-14-9/h1,3-4,10H,2,5H2,(H,15,16). The van der Waals surface area contributed by atoms with Crippen LogP contribution in [0.25, 0.3) is 0 Å². The van der Waals surface area contributed by atoms with E-state index in [-0.39, 0.29) is 6.42 Å². The number of carboxylic acids is 1. The number of hydrogen-bond acceptors (Lipinski definition) is 3. The molecule has 1 aliphatic carbocycles. The van der Waals surface area contributed by atoms with Gasteiger partial charge in [-0.15, -0.1) is 0 Å². The molecular formula is C11H9Cl2NO3.